The zero-order valence-electron chi connectivity index (χ0n) is 14.3. The van der Waals surface area contributed by atoms with E-state index in [-0.39, 0.29) is 36.9 Å². The summed E-state index contributed by atoms with van der Waals surface area (Å²) >= 11 is 0. The third-order valence-corrected chi connectivity index (χ3v) is 4.10. The number of benzene rings is 1. The molecule has 0 spiro atoms. The van der Waals surface area contributed by atoms with Crippen LogP contribution in [0.3, 0.4) is 0 Å². The van der Waals surface area contributed by atoms with E-state index < -0.39 is 5.97 Å². The van der Waals surface area contributed by atoms with Gasteiger partial charge < -0.3 is 20.1 Å². The molecule has 1 aromatic carbocycles. The second-order valence-corrected chi connectivity index (χ2v) is 5.74. The average molecular weight is 353 g/mol. The van der Waals surface area contributed by atoms with E-state index in [1.54, 1.807) is 12.4 Å². The van der Waals surface area contributed by atoms with Crippen molar-refractivity contribution in [3.8, 4) is 11.1 Å². The molecule has 0 saturated heterocycles. The summed E-state index contributed by atoms with van der Waals surface area (Å²) in [6.45, 7) is 0.0883. The molecule has 1 amide bonds. The normalized spacial score (nSPS) is 13.9. The van der Waals surface area contributed by atoms with Crippen LogP contribution in [0.1, 0.15) is 0 Å². The Morgan fingerprint density at radius 2 is 2.04 bits per heavy atom. The fraction of sp³-hybridized carbons (Fsp3) is 0.211. The van der Waals surface area contributed by atoms with Gasteiger partial charge in [-0.05, 0) is 35.4 Å². The first-order valence-electron chi connectivity index (χ1n) is 8.13. The lowest BCUT2D eigenvalue weighted by Gasteiger charge is -2.15. The minimum absolute atomic E-state index is 0.110. The van der Waals surface area contributed by atoms with Gasteiger partial charge in [0, 0.05) is 24.6 Å². The van der Waals surface area contributed by atoms with Crippen LogP contribution in [-0.2, 0) is 14.3 Å². The molecule has 2 aromatic rings. The molecule has 1 aromatic heterocycles. The second kappa shape index (κ2) is 7.79. The zero-order valence-corrected chi connectivity index (χ0v) is 14.3. The fourth-order valence-corrected chi connectivity index (χ4v) is 2.81. The number of β-amino-alcohol motifs (C(OH)–C–C–N with tert-alkyl or cyclic N) is 1. The molecule has 7 nitrogen and oxygen atoms in total. The number of carbonyl (C=O) groups excluding carboxylic acids is 2. The Hall–Kier alpha value is -3.19. The van der Waals surface area contributed by atoms with Crippen molar-refractivity contribution in [3.63, 3.8) is 0 Å². The third kappa shape index (κ3) is 3.57. The van der Waals surface area contributed by atoms with Gasteiger partial charge in [0.25, 0.3) is 5.91 Å². The lowest BCUT2D eigenvalue weighted by Crippen LogP contribution is -2.31. The smallest absolute Gasteiger partial charge is 0.337 e. The van der Waals surface area contributed by atoms with Crippen molar-refractivity contribution in [2.24, 2.45) is 0 Å². The van der Waals surface area contributed by atoms with E-state index in [2.05, 4.69) is 10.3 Å². The number of anilines is 1. The Labute approximate surface area is 150 Å². The van der Waals surface area contributed by atoms with E-state index in [1.807, 2.05) is 36.4 Å². The Bertz CT molecular complexity index is 849. The predicted molar refractivity (Wildman–Crippen MR) is 96.0 cm³/mol. The van der Waals surface area contributed by atoms with Gasteiger partial charge >= 0.3 is 5.97 Å². The molecule has 0 fully saturated rings. The Balaban J connectivity index is 1.90. The van der Waals surface area contributed by atoms with Gasteiger partial charge in [0.15, 0.2) is 0 Å². The highest BCUT2D eigenvalue weighted by molar-refractivity contribution is 6.08. The van der Waals surface area contributed by atoms with Gasteiger partial charge in [-0.1, -0.05) is 12.1 Å². The number of hydrogen-bond acceptors (Lipinski definition) is 6. The molecule has 1 aliphatic rings. The number of hydrogen-bond donors (Lipinski definition) is 2. The number of amides is 1. The molecule has 0 saturated carbocycles. The summed E-state index contributed by atoms with van der Waals surface area (Å²) in [5, 5.41) is 12.2. The lowest BCUT2D eigenvalue weighted by molar-refractivity contribution is -0.136. The maximum absolute atomic E-state index is 12.6. The maximum Gasteiger partial charge on any atom is 0.337 e. The molecule has 0 bridgehead atoms. The Kier molecular flexibility index (Phi) is 5.28. The monoisotopic (exact) mass is 353 g/mol. The summed E-state index contributed by atoms with van der Waals surface area (Å²) in [4.78, 5) is 30.0. The predicted octanol–water partition coefficient (Wildman–Crippen LogP) is 1.42. The number of rotatable bonds is 6. The number of nitrogens with one attached hydrogen (secondary N) is 1. The van der Waals surface area contributed by atoms with Gasteiger partial charge in [-0.2, -0.15) is 0 Å². The van der Waals surface area contributed by atoms with Crippen LogP contribution < -0.4 is 5.32 Å². The maximum atomic E-state index is 12.6. The van der Waals surface area contributed by atoms with E-state index in [9.17, 15) is 9.59 Å². The first-order chi connectivity index (χ1) is 12.6. The van der Waals surface area contributed by atoms with Gasteiger partial charge in [-0.3, -0.25) is 9.78 Å². The number of nitrogens with zero attached hydrogens (tertiary/aromatic N) is 2. The largest absolute Gasteiger partial charge is 0.466 e. The first kappa shape index (κ1) is 17.6. The summed E-state index contributed by atoms with van der Waals surface area (Å²) in [6.07, 6.45) is 3.42. The van der Waals surface area contributed by atoms with Crippen molar-refractivity contribution in [3.05, 3.63) is 60.1 Å². The molecule has 2 N–H and O–H groups in total. The minimum atomic E-state index is -0.563. The zero-order chi connectivity index (χ0) is 18.5. The molecule has 0 radical (unpaired) electrons. The standard InChI is InChI=1S/C19H19N3O4/c1-26-19(25)16-12-22(9-10-23)18(24)17(16)21-15-4-2-3-14(11-15)13-5-7-20-8-6-13/h2-8,11,21,23H,9-10,12H2,1H3. The highest BCUT2D eigenvalue weighted by Crippen LogP contribution is 2.26. The van der Waals surface area contributed by atoms with Crippen molar-refractivity contribution in [1.82, 2.24) is 9.88 Å². The number of aromatic nitrogens is 1. The number of pyridine rings is 1. The van der Waals surface area contributed by atoms with Crippen molar-refractivity contribution in [1.29, 1.82) is 0 Å². The summed E-state index contributed by atoms with van der Waals surface area (Å²) in [7, 11) is 1.27. The molecular weight excluding hydrogens is 334 g/mol. The van der Waals surface area contributed by atoms with Crippen LogP contribution in [0.5, 0.6) is 0 Å². The van der Waals surface area contributed by atoms with Crippen LogP contribution in [0.25, 0.3) is 11.1 Å². The van der Waals surface area contributed by atoms with Gasteiger partial charge in [0.2, 0.25) is 0 Å². The highest BCUT2D eigenvalue weighted by Gasteiger charge is 2.34. The highest BCUT2D eigenvalue weighted by atomic mass is 16.5. The number of aliphatic hydroxyl groups is 1. The molecule has 134 valence electrons. The minimum Gasteiger partial charge on any atom is -0.466 e. The molecule has 26 heavy (non-hydrogen) atoms. The van der Waals surface area contributed by atoms with Crippen molar-refractivity contribution >= 4 is 17.6 Å². The van der Waals surface area contributed by atoms with Crippen LogP contribution in [0, 0.1) is 0 Å². The Morgan fingerprint density at radius 1 is 1.27 bits per heavy atom. The van der Waals surface area contributed by atoms with Gasteiger partial charge in [0.1, 0.15) is 5.70 Å². The third-order valence-electron chi connectivity index (χ3n) is 4.10. The van der Waals surface area contributed by atoms with E-state index >= 15 is 0 Å². The second-order valence-electron chi connectivity index (χ2n) is 5.74. The molecule has 2 heterocycles. The number of esters is 1. The van der Waals surface area contributed by atoms with Gasteiger partial charge in [-0.15, -0.1) is 0 Å². The van der Waals surface area contributed by atoms with Crippen molar-refractivity contribution < 1.29 is 19.4 Å². The van der Waals surface area contributed by atoms with Crippen LogP contribution >= 0.6 is 0 Å². The Morgan fingerprint density at radius 3 is 2.73 bits per heavy atom. The summed E-state index contributed by atoms with van der Waals surface area (Å²) in [5.74, 6) is -0.902. The molecule has 0 atom stereocenters. The molecule has 3 rings (SSSR count). The number of carbonyl (C=O) groups is 2. The summed E-state index contributed by atoms with van der Waals surface area (Å²) < 4.78 is 4.78. The molecular formula is C19H19N3O4. The van der Waals surface area contributed by atoms with E-state index in [1.165, 1.54) is 12.0 Å². The number of aliphatic hydroxyl groups excluding tert-OH is 1. The van der Waals surface area contributed by atoms with E-state index in [0.29, 0.717) is 5.69 Å². The molecule has 0 aliphatic carbocycles. The van der Waals surface area contributed by atoms with Crippen LogP contribution in [0.2, 0.25) is 0 Å². The first-order valence-corrected chi connectivity index (χ1v) is 8.13. The topological polar surface area (TPSA) is 91.8 Å². The van der Waals surface area contributed by atoms with Crippen molar-refractivity contribution in [2.45, 2.75) is 0 Å². The number of methoxy groups -OCH3 is 1. The number of ether oxygens (including phenoxy) is 1. The van der Waals surface area contributed by atoms with Crippen molar-refractivity contribution in [2.75, 3.05) is 32.1 Å². The van der Waals surface area contributed by atoms with E-state index in [4.69, 9.17) is 9.84 Å². The van der Waals surface area contributed by atoms with E-state index in [0.717, 1.165) is 11.1 Å². The summed E-state index contributed by atoms with van der Waals surface area (Å²) in [5.41, 5.74) is 3.05. The summed E-state index contributed by atoms with van der Waals surface area (Å²) in [6, 6.07) is 11.3. The van der Waals surface area contributed by atoms with Gasteiger partial charge in [0.05, 0.1) is 25.8 Å². The lowest BCUT2D eigenvalue weighted by atomic mass is 10.1. The van der Waals surface area contributed by atoms with Crippen LogP contribution in [0.4, 0.5) is 5.69 Å². The average Bonchev–Trinajstić information content (AvgIpc) is 2.98. The van der Waals surface area contributed by atoms with Crippen LogP contribution in [-0.4, -0.2) is 53.7 Å². The molecule has 1 aliphatic heterocycles. The SMILES string of the molecule is COC(=O)C1=C(Nc2cccc(-c3ccncc3)c2)C(=O)N(CCO)C1. The van der Waals surface area contributed by atoms with Crippen LogP contribution in [0.15, 0.2) is 60.1 Å². The molecule has 0 unspecified atom stereocenters. The molecule has 7 heteroatoms. The van der Waals surface area contributed by atoms with Gasteiger partial charge in [-0.25, -0.2) is 4.79 Å². The quantitative estimate of drug-likeness (QED) is 0.763. The fourth-order valence-electron chi connectivity index (χ4n) is 2.81.